The Morgan fingerprint density at radius 3 is 0.871 bits per heavy atom. The van der Waals surface area contributed by atoms with E-state index in [-0.39, 0.29) is 0 Å². The van der Waals surface area contributed by atoms with Gasteiger partial charge < -0.3 is 13.7 Å². The molecule has 0 fully saturated rings. The number of nitrogens with zero attached hydrogens (tertiary/aromatic N) is 7. The predicted molar refractivity (Wildman–Crippen MR) is 423 cm³/mol. The van der Waals surface area contributed by atoms with Crippen LogP contribution in [0.1, 0.15) is 0 Å². The molecule has 468 valence electrons. The van der Waals surface area contributed by atoms with Crippen LogP contribution < -0.4 is 0 Å². The van der Waals surface area contributed by atoms with Gasteiger partial charge in [-0.1, -0.05) is 212 Å². The molecule has 0 unspecified atom stereocenters. The van der Waals surface area contributed by atoms with Gasteiger partial charge in [0, 0.05) is 82.6 Å². The van der Waals surface area contributed by atoms with E-state index in [9.17, 15) is 0 Å². The molecule has 6 heterocycles. The number of hydrogen-bond donors (Lipinski definition) is 0. The van der Waals surface area contributed by atoms with E-state index in [1.165, 1.54) is 86.7 Å². The topological polar surface area (TPSA) is 50.4 Å². The summed E-state index contributed by atoms with van der Waals surface area (Å²) in [5.41, 5.74) is 20.9. The normalized spacial score (nSPS) is 12.2. The first-order valence-corrected chi connectivity index (χ1v) is 34.6. The van der Waals surface area contributed by atoms with Crippen molar-refractivity contribution in [1.82, 2.24) is 32.8 Å². The molecule has 22 aromatic rings. The molecule has 0 aliphatic heterocycles. The molecule has 0 radical (unpaired) electrons. The maximum Gasteiger partial charge on any atom is 0.237 e. The van der Waals surface area contributed by atoms with Crippen molar-refractivity contribution >= 4 is 141 Å². The zero-order valence-electron chi connectivity index (χ0n) is 54.5. The molecule has 0 aliphatic rings. The second kappa shape index (κ2) is 21.4. The average molecular weight is 1280 g/mol. The van der Waals surface area contributed by atoms with E-state index in [1.54, 1.807) is 0 Å². The molecule has 7 nitrogen and oxygen atoms in total. The van der Waals surface area contributed by atoms with E-state index in [0.717, 1.165) is 111 Å². The summed E-state index contributed by atoms with van der Waals surface area (Å²) in [6.07, 6.45) is 0. The molecule has 0 N–H and O–H groups in total. The zero-order valence-corrected chi connectivity index (χ0v) is 54.5. The van der Waals surface area contributed by atoms with Crippen LogP contribution in [0.4, 0.5) is 0 Å². The second-order valence-electron chi connectivity index (χ2n) is 26.8. The van der Waals surface area contributed by atoms with Gasteiger partial charge in [0.25, 0.3) is 0 Å². The Morgan fingerprint density at radius 2 is 0.446 bits per heavy atom. The summed E-state index contributed by atoms with van der Waals surface area (Å²) >= 11 is 0. The number of benzene rings is 16. The molecule has 7 heteroatoms. The lowest BCUT2D eigenvalue weighted by molar-refractivity contribution is 0.952. The smallest absolute Gasteiger partial charge is 0.237 e. The van der Waals surface area contributed by atoms with Gasteiger partial charge in [-0.25, -0.2) is 4.98 Å². The van der Waals surface area contributed by atoms with Gasteiger partial charge in [-0.2, -0.15) is 4.98 Å². The number of fused-ring (bicyclic) bond motifs is 21. The highest BCUT2D eigenvalue weighted by molar-refractivity contribution is 6.29. The van der Waals surface area contributed by atoms with Gasteiger partial charge in [0.15, 0.2) is 0 Å². The first-order valence-electron chi connectivity index (χ1n) is 34.6. The maximum atomic E-state index is 5.78. The van der Waals surface area contributed by atoms with Crippen LogP contribution in [-0.2, 0) is 0 Å². The van der Waals surface area contributed by atoms with E-state index >= 15 is 0 Å². The first-order chi connectivity index (χ1) is 50.1. The molecule has 0 spiro atoms. The Balaban J connectivity index is 0.731. The molecule has 16 aromatic carbocycles. The maximum absolute atomic E-state index is 5.78. The van der Waals surface area contributed by atoms with Crippen LogP contribution in [-0.4, -0.2) is 32.8 Å². The molecule has 0 saturated carbocycles. The molecular formula is C94H57N7. The van der Waals surface area contributed by atoms with Crippen LogP contribution in [0, 0.1) is 0 Å². The molecule has 101 heavy (non-hydrogen) atoms. The number of para-hydroxylation sites is 7. The van der Waals surface area contributed by atoms with Crippen LogP contribution in [0.25, 0.3) is 204 Å². The van der Waals surface area contributed by atoms with Gasteiger partial charge in [-0.05, 0) is 182 Å². The van der Waals surface area contributed by atoms with Crippen molar-refractivity contribution in [1.29, 1.82) is 0 Å². The molecule has 0 atom stereocenters. The van der Waals surface area contributed by atoms with Crippen molar-refractivity contribution in [2.24, 2.45) is 0 Å². The highest BCUT2D eigenvalue weighted by Crippen LogP contribution is 2.45. The first kappa shape index (κ1) is 55.5. The minimum atomic E-state index is 0.579. The number of rotatable bonds is 8. The summed E-state index contributed by atoms with van der Waals surface area (Å²) in [5.74, 6) is 1.35. The number of hydrogen-bond acceptors (Lipinski definition) is 2. The fraction of sp³-hybridized carbons (Fsp3) is 0. The van der Waals surface area contributed by atoms with Crippen molar-refractivity contribution in [2.75, 3.05) is 0 Å². The van der Waals surface area contributed by atoms with Crippen LogP contribution in [0.2, 0.25) is 0 Å². The summed E-state index contributed by atoms with van der Waals surface area (Å²) in [4.78, 5) is 11.5. The Kier molecular flexibility index (Phi) is 11.8. The highest BCUT2D eigenvalue weighted by atomic mass is 15.2. The fourth-order valence-electron chi connectivity index (χ4n) is 17.0. The molecule has 0 aliphatic carbocycles. The monoisotopic (exact) mass is 1280 g/mol. The van der Waals surface area contributed by atoms with Crippen LogP contribution in [0.15, 0.2) is 346 Å². The standard InChI is InChI=1S/C94H57N7/c1-3-21-63(22-4-1)97-83-34-16-11-29-70(83)77-51-59(41-47-88(77)97)61-43-49-90-79(53-61)72-31-14-19-37-86(72)100(90)93-57-82(58-39-45-65(46-40-58)99-85-36-18-13-33-74(85)81-55-75-68-27-9-7-25-66(68)67-26-8-10-28-69(67)76(75)56-92(81)99)95-94(96-93)101-87-38-20-15-32-73(87)80-54-62(44-50-91(80)101)60-42-48-89-78(52-60)71-30-12-17-35-84(71)98(89)64-23-5-2-6-24-64/h1-57H. The third-order valence-electron chi connectivity index (χ3n) is 21.5. The fourth-order valence-corrected chi connectivity index (χ4v) is 17.0. The van der Waals surface area contributed by atoms with E-state index in [1.807, 2.05) is 0 Å². The van der Waals surface area contributed by atoms with Crippen molar-refractivity contribution in [3.63, 3.8) is 0 Å². The van der Waals surface area contributed by atoms with E-state index in [4.69, 9.17) is 9.97 Å². The molecule has 0 amide bonds. The Hall–Kier alpha value is -13.6. The summed E-state index contributed by atoms with van der Waals surface area (Å²) in [5, 5.41) is 19.4. The SMILES string of the molecule is c1ccc(-n2c3ccccc3c3cc(-c4ccc5c(c4)c4ccccc4n5-c4cc(-c5ccc(-n6c7ccccc7c7cc8c9ccccc9c9ccccc9c8cc76)cc5)nc(-n5c6ccccc6c6cc(-c7ccc8c(c7)c7ccccc7n8-c7ccccc7)ccc65)n4)ccc32)cc1. The van der Waals surface area contributed by atoms with Crippen molar-refractivity contribution in [3.8, 4) is 62.3 Å². The van der Waals surface area contributed by atoms with Gasteiger partial charge in [0.1, 0.15) is 5.82 Å². The summed E-state index contributed by atoms with van der Waals surface area (Å²) in [6.45, 7) is 0. The van der Waals surface area contributed by atoms with Crippen LogP contribution in [0.5, 0.6) is 0 Å². The Bertz CT molecular complexity index is 6950. The predicted octanol–water partition coefficient (Wildman–Crippen LogP) is 24.4. The molecule has 0 bridgehead atoms. The van der Waals surface area contributed by atoms with Crippen molar-refractivity contribution < 1.29 is 0 Å². The molecular weight excluding hydrogens is 1230 g/mol. The average Bonchev–Trinajstić information content (AvgIpc) is 1.61. The third-order valence-corrected chi connectivity index (χ3v) is 21.5. The number of aromatic nitrogens is 7. The zero-order chi connectivity index (χ0) is 66.0. The highest BCUT2D eigenvalue weighted by Gasteiger charge is 2.24. The van der Waals surface area contributed by atoms with Crippen molar-refractivity contribution in [3.05, 3.63) is 346 Å². The minimum Gasteiger partial charge on any atom is -0.309 e. The largest absolute Gasteiger partial charge is 0.309 e. The Morgan fingerprint density at radius 1 is 0.158 bits per heavy atom. The minimum absolute atomic E-state index is 0.579. The quantitative estimate of drug-likeness (QED) is 0.142. The van der Waals surface area contributed by atoms with Crippen molar-refractivity contribution in [2.45, 2.75) is 0 Å². The third kappa shape index (κ3) is 8.23. The summed E-state index contributed by atoms with van der Waals surface area (Å²) in [7, 11) is 0. The summed E-state index contributed by atoms with van der Waals surface area (Å²) in [6, 6.07) is 127. The van der Waals surface area contributed by atoms with Crippen LogP contribution in [0.3, 0.4) is 0 Å². The molecule has 6 aromatic heterocycles. The molecule has 0 saturated heterocycles. The lowest BCUT2D eigenvalue weighted by Crippen LogP contribution is -2.07. The van der Waals surface area contributed by atoms with Gasteiger partial charge in [0.2, 0.25) is 5.95 Å². The van der Waals surface area contributed by atoms with Gasteiger partial charge >= 0.3 is 0 Å². The van der Waals surface area contributed by atoms with Gasteiger partial charge in [-0.3, -0.25) is 9.13 Å². The second-order valence-corrected chi connectivity index (χ2v) is 26.8. The molecule has 22 rings (SSSR count). The summed E-state index contributed by atoms with van der Waals surface area (Å²) < 4.78 is 11.8. The van der Waals surface area contributed by atoms with E-state index in [0.29, 0.717) is 5.95 Å². The Labute approximate surface area is 578 Å². The van der Waals surface area contributed by atoms with Crippen LogP contribution >= 0.6 is 0 Å². The lowest BCUT2D eigenvalue weighted by Gasteiger charge is -2.15. The van der Waals surface area contributed by atoms with E-state index < -0.39 is 0 Å². The van der Waals surface area contributed by atoms with E-state index in [2.05, 4.69) is 369 Å². The van der Waals surface area contributed by atoms with Gasteiger partial charge in [-0.15, -0.1) is 0 Å². The lowest BCUT2D eigenvalue weighted by atomic mass is 9.93. The van der Waals surface area contributed by atoms with Gasteiger partial charge in [0.05, 0.1) is 60.9 Å².